The van der Waals surface area contributed by atoms with Crippen molar-refractivity contribution in [1.82, 2.24) is 19.4 Å². The van der Waals surface area contributed by atoms with Gasteiger partial charge in [0.25, 0.3) is 10.1 Å². The van der Waals surface area contributed by atoms with Crippen molar-refractivity contribution in [2.45, 2.75) is 35.6 Å². The molecular weight excluding hydrogens is 620 g/mol. The first kappa shape index (κ1) is 31.2. The van der Waals surface area contributed by atoms with Gasteiger partial charge >= 0.3 is 0 Å². The van der Waals surface area contributed by atoms with Crippen molar-refractivity contribution in [1.29, 1.82) is 5.41 Å². The Balaban J connectivity index is 1.29. The van der Waals surface area contributed by atoms with Gasteiger partial charge < -0.3 is 29.9 Å². The van der Waals surface area contributed by atoms with E-state index in [0.29, 0.717) is 33.5 Å². The summed E-state index contributed by atoms with van der Waals surface area (Å²) in [5.41, 5.74) is 2.54. The first-order chi connectivity index (χ1) is 22.0. The Morgan fingerprint density at radius 3 is 2.30 bits per heavy atom. The zero-order valence-electron chi connectivity index (χ0n) is 23.8. The lowest BCUT2D eigenvalue weighted by molar-refractivity contribution is -0.277. The number of hydrogen-bond acceptors (Lipinski definition) is 12. The summed E-state index contributed by atoms with van der Waals surface area (Å²) in [5.74, 6) is 0.280. The highest BCUT2D eigenvalue weighted by molar-refractivity contribution is 7.85. The van der Waals surface area contributed by atoms with Gasteiger partial charge in [-0.1, -0.05) is 30.3 Å². The molecule has 16 heteroatoms. The molecule has 46 heavy (non-hydrogen) atoms. The predicted molar refractivity (Wildman–Crippen MR) is 162 cm³/mol. The van der Waals surface area contributed by atoms with Crippen LogP contribution in [0.4, 0.5) is 0 Å². The van der Waals surface area contributed by atoms with Gasteiger partial charge in [-0.25, -0.2) is 14.3 Å². The molecule has 238 valence electrons. The Bertz CT molecular complexity index is 2050. The fourth-order valence-electron chi connectivity index (χ4n) is 4.91. The molecule has 0 aliphatic carbocycles. The minimum atomic E-state index is -4.38. The van der Waals surface area contributed by atoms with Crippen molar-refractivity contribution in [3.05, 3.63) is 96.2 Å². The minimum Gasteiger partial charge on any atom is -0.462 e. The van der Waals surface area contributed by atoms with Gasteiger partial charge in [0.2, 0.25) is 6.29 Å². The van der Waals surface area contributed by atoms with Gasteiger partial charge in [-0.3, -0.25) is 9.96 Å². The summed E-state index contributed by atoms with van der Waals surface area (Å²) in [6.07, 6.45) is -4.20. The number of nitrogens with zero attached hydrogens (tertiary/aromatic N) is 5. The van der Waals surface area contributed by atoms with Crippen molar-refractivity contribution < 1.29 is 42.9 Å². The largest absolute Gasteiger partial charge is 0.462 e. The van der Waals surface area contributed by atoms with Crippen molar-refractivity contribution in [3.63, 3.8) is 0 Å². The van der Waals surface area contributed by atoms with Crippen molar-refractivity contribution in [2.24, 2.45) is 5.10 Å². The van der Waals surface area contributed by atoms with Crippen LogP contribution in [-0.2, 0) is 14.9 Å². The molecule has 2 aromatic heterocycles. The maximum atomic E-state index is 11.5. The average molecular weight is 649 g/mol. The molecule has 15 nitrogen and oxygen atoms in total. The lowest BCUT2D eigenvalue weighted by atomic mass is 9.99. The van der Waals surface area contributed by atoms with Crippen molar-refractivity contribution in [2.75, 3.05) is 6.61 Å². The second-order valence-corrected chi connectivity index (χ2v) is 11.8. The number of aromatic nitrogens is 4. The SMILES string of the molecule is N=c1c2c(-c3ccccc3)nn(-c3ccc(S(=O)(=O)O)cc3)c2ncn1/N=C\c1ccc(OC2OC(CO)C(O)C(O)C2O)cc1. The third-order valence-electron chi connectivity index (χ3n) is 7.35. The Hall–Kier alpha value is -4.81. The molecule has 0 saturated carbocycles. The van der Waals surface area contributed by atoms with E-state index < -0.39 is 47.4 Å². The van der Waals surface area contributed by atoms with Crippen LogP contribution < -0.4 is 10.2 Å². The van der Waals surface area contributed by atoms with Crippen LogP contribution in [0.15, 0.2) is 95.2 Å². The number of nitrogens with one attached hydrogen (secondary N) is 1. The highest BCUT2D eigenvalue weighted by atomic mass is 32.2. The summed E-state index contributed by atoms with van der Waals surface area (Å²) < 4.78 is 46.1. The normalized spacial score (nSPS) is 22.0. The number of fused-ring (bicyclic) bond motifs is 1. The average Bonchev–Trinajstić information content (AvgIpc) is 3.46. The molecule has 1 aliphatic rings. The molecule has 3 aromatic carbocycles. The smallest absolute Gasteiger partial charge is 0.294 e. The zero-order valence-corrected chi connectivity index (χ0v) is 24.6. The van der Waals surface area contributed by atoms with Gasteiger partial charge in [-0.2, -0.15) is 18.6 Å². The third kappa shape index (κ3) is 6.05. The molecule has 0 radical (unpaired) electrons. The standard InChI is InChI=1S/C30H28N6O9S/c31-28-23-24(18-4-2-1-3-5-18)34-36(19-8-12-21(13-9-19)46(41,42)43)29(23)32-16-35(28)33-14-17-6-10-20(11-7-17)44-30-27(40)26(39)25(38)22(15-37)45-30/h1-14,16,22,25-27,30-31,37-40H,15H2,(H,41,42,43)/b31-28?,33-14-. The van der Waals surface area contributed by atoms with Gasteiger partial charge in [0.05, 0.1) is 28.8 Å². The van der Waals surface area contributed by atoms with Gasteiger partial charge in [0.1, 0.15) is 42.2 Å². The fraction of sp³-hybridized carbons (Fsp3) is 0.200. The molecule has 0 bridgehead atoms. The summed E-state index contributed by atoms with van der Waals surface area (Å²) in [5, 5.41) is 58.0. The van der Waals surface area contributed by atoms with Crippen LogP contribution in [0.3, 0.4) is 0 Å². The Morgan fingerprint density at radius 1 is 0.957 bits per heavy atom. The number of rotatable bonds is 8. The van der Waals surface area contributed by atoms with Gasteiger partial charge in [0, 0.05) is 5.56 Å². The van der Waals surface area contributed by atoms with Crippen LogP contribution in [0.25, 0.3) is 28.0 Å². The molecule has 5 atom stereocenters. The van der Waals surface area contributed by atoms with Crippen LogP contribution in [0.5, 0.6) is 5.75 Å². The van der Waals surface area contributed by atoms with E-state index in [4.69, 9.17) is 20.0 Å². The number of hydrogen-bond donors (Lipinski definition) is 6. The number of ether oxygens (including phenoxy) is 2. The molecular formula is C30H28N6O9S. The van der Waals surface area contributed by atoms with Crippen LogP contribution in [0.1, 0.15) is 5.56 Å². The monoisotopic (exact) mass is 648 g/mol. The van der Waals surface area contributed by atoms with Crippen molar-refractivity contribution >= 4 is 27.4 Å². The highest BCUT2D eigenvalue weighted by Crippen LogP contribution is 2.27. The Labute approximate surface area is 261 Å². The molecule has 3 heterocycles. The van der Waals surface area contributed by atoms with E-state index in [0.717, 1.165) is 0 Å². The summed E-state index contributed by atoms with van der Waals surface area (Å²) in [4.78, 5) is 4.23. The maximum Gasteiger partial charge on any atom is 0.294 e. The third-order valence-corrected chi connectivity index (χ3v) is 8.22. The van der Waals surface area contributed by atoms with Crippen LogP contribution in [0, 0.1) is 5.41 Å². The van der Waals surface area contributed by atoms with Crippen LogP contribution in [0.2, 0.25) is 0 Å². The summed E-state index contributed by atoms with van der Waals surface area (Å²) in [6.45, 7) is -0.575. The first-order valence-corrected chi connectivity index (χ1v) is 15.3. The lowest BCUT2D eigenvalue weighted by Crippen LogP contribution is -2.60. The topological polar surface area (TPSA) is 226 Å². The minimum absolute atomic E-state index is 0.0246. The number of benzene rings is 3. The van der Waals surface area contributed by atoms with Crippen molar-refractivity contribution in [3.8, 4) is 22.7 Å². The van der Waals surface area contributed by atoms with E-state index in [1.54, 1.807) is 24.3 Å². The highest BCUT2D eigenvalue weighted by Gasteiger charge is 2.44. The Kier molecular flexibility index (Phi) is 8.49. The summed E-state index contributed by atoms with van der Waals surface area (Å²) >= 11 is 0. The molecule has 5 unspecified atom stereocenters. The second-order valence-electron chi connectivity index (χ2n) is 10.4. The van der Waals surface area contributed by atoms with Gasteiger partial charge in [-0.05, 0) is 54.1 Å². The second kappa shape index (κ2) is 12.5. The van der Waals surface area contributed by atoms with E-state index >= 15 is 0 Å². The molecule has 5 aromatic rings. The predicted octanol–water partition coefficient (Wildman–Crippen LogP) is 0.676. The molecule has 0 amide bonds. The van der Waals surface area contributed by atoms with Gasteiger partial charge in [0.15, 0.2) is 11.1 Å². The van der Waals surface area contributed by atoms with Crippen LogP contribution in [-0.4, -0.2) is 96.4 Å². The van der Waals surface area contributed by atoms with E-state index in [2.05, 4.69) is 10.1 Å². The fourth-order valence-corrected chi connectivity index (χ4v) is 5.39. The van der Waals surface area contributed by atoms with Crippen LogP contribution >= 0.6 is 0 Å². The lowest BCUT2D eigenvalue weighted by Gasteiger charge is -2.39. The molecule has 6 N–H and O–H groups in total. The maximum absolute atomic E-state index is 11.5. The number of aliphatic hydroxyl groups is 4. The Morgan fingerprint density at radius 2 is 1.65 bits per heavy atom. The quantitative estimate of drug-likeness (QED) is 0.101. The summed E-state index contributed by atoms with van der Waals surface area (Å²) in [6, 6.07) is 21.1. The molecule has 6 rings (SSSR count). The zero-order chi connectivity index (χ0) is 32.6. The summed E-state index contributed by atoms with van der Waals surface area (Å²) in [7, 11) is -4.38. The van der Waals surface area contributed by atoms with E-state index in [-0.39, 0.29) is 16.1 Å². The molecule has 1 fully saturated rings. The molecule has 1 aliphatic heterocycles. The van der Waals surface area contributed by atoms with E-state index in [9.17, 15) is 33.4 Å². The van der Waals surface area contributed by atoms with E-state index in [1.807, 2.05) is 30.3 Å². The number of aliphatic hydroxyl groups excluding tert-OH is 4. The first-order valence-electron chi connectivity index (χ1n) is 13.8. The molecule has 0 spiro atoms. The molecule has 1 saturated heterocycles. The van der Waals surface area contributed by atoms with E-state index in [1.165, 1.54) is 46.2 Å². The van der Waals surface area contributed by atoms with Gasteiger partial charge in [-0.15, -0.1) is 0 Å².